The first kappa shape index (κ1) is 9.33. The molecule has 82 valence electrons. The quantitative estimate of drug-likeness (QED) is 0.630. The van der Waals surface area contributed by atoms with Crippen LogP contribution in [0, 0.1) is 0 Å². The molecule has 2 saturated heterocycles. The van der Waals surface area contributed by atoms with Gasteiger partial charge in [-0.3, -0.25) is 4.79 Å². The van der Waals surface area contributed by atoms with Crippen molar-refractivity contribution in [3.8, 4) is 0 Å². The normalized spacial score (nSPS) is 29.2. The van der Waals surface area contributed by atoms with Crippen LogP contribution in [0.5, 0.6) is 0 Å². The summed E-state index contributed by atoms with van der Waals surface area (Å²) in [5.41, 5.74) is -0.249. The van der Waals surface area contributed by atoms with Crippen molar-refractivity contribution in [1.82, 2.24) is 10.2 Å². The Balaban J connectivity index is 1.92. The van der Waals surface area contributed by atoms with Crippen LogP contribution in [-0.2, 0) is 4.79 Å². The first-order valence-electron chi connectivity index (χ1n) is 5.93. The van der Waals surface area contributed by atoms with Gasteiger partial charge in [0.05, 0.1) is 0 Å². The second kappa shape index (κ2) is 3.30. The van der Waals surface area contributed by atoms with E-state index in [1.165, 1.54) is 12.8 Å². The van der Waals surface area contributed by atoms with E-state index in [0.717, 1.165) is 44.7 Å². The Hall–Kier alpha value is -0.900. The Morgan fingerprint density at radius 1 is 1.27 bits per heavy atom. The average molecular weight is 207 g/mol. The van der Waals surface area contributed by atoms with E-state index in [1.54, 1.807) is 0 Å². The number of piperidine rings is 2. The first-order chi connectivity index (χ1) is 7.33. The van der Waals surface area contributed by atoms with E-state index in [1.807, 2.05) is 0 Å². The van der Waals surface area contributed by atoms with Crippen LogP contribution in [0.15, 0.2) is 4.99 Å². The molecule has 0 radical (unpaired) electrons. The van der Waals surface area contributed by atoms with Gasteiger partial charge < -0.3 is 10.2 Å². The van der Waals surface area contributed by atoms with Crippen LogP contribution in [0.1, 0.15) is 32.1 Å². The maximum absolute atomic E-state index is 12.1. The monoisotopic (exact) mass is 207 g/mol. The summed E-state index contributed by atoms with van der Waals surface area (Å²) in [6, 6.07) is 0. The second-order valence-corrected chi connectivity index (χ2v) is 4.72. The number of carbonyl (C=O) groups is 1. The lowest BCUT2D eigenvalue weighted by atomic mass is 9.85. The molecule has 0 aromatic rings. The standard InChI is InChI=1S/C11H17N3O/c15-10-11(4-6-12-7-5-11)14-8-2-1-3-9(14)13-10/h12H,1-8H2. The number of nitrogens with zero attached hydrogens (tertiary/aromatic N) is 2. The minimum atomic E-state index is -0.249. The highest BCUT2D eigenvalue weighted by Crippen LogP contribution is 2.36. The van der Waals surface area contributed by atoms with Crippen molar-refractivity contribution in [1.29, 1.82) is 0 Å². The molecule has 0 atom stereocenters. The third-order valence-electron chi connectivity index (χ3n) is 3.92. The molecule has 1 amide bonds. The first-order valence-corrected chi connectivity index (χ1v) is 5.93. The fourth-order valence-corrected chi connectivity index (χ4v) is 3.06. The lowest BCUT2D eigenvalue weighted by Gasteiger charge is -2.43. The van der Waals surface area contributed by atoms with Gasteiger partial charge in [0.2, 0.25) is 0 Å². The van der Waals surface area contributed by atoms with Gasteiger partial charge >= 0.3 is 0 Å². The molecule has 3 aliphatic rings. The van der Waals surface area contributed by atoms with Crippen LogP contribution in [0.25, 0.3) is 0 Å². The van der Waals surface area contributed by atoms with Crippen LogP contribution in [-0.4, -0.2) is 41.8 Å². The van der Waals surface area contributed by atoms with Gasteiger partial charge in [-0.15, -0.1) is 0 Å². The zero-order chi connectivity index (χ0) is 10.3. The lowest BCUT2D eigenvalue weighted by molar-refractivity contribution is -0.127. The maximum atomic E-state index is 12.1. The molecular formula is C11H17N3O. The van der Waals surface area contributed by atoms with Crippen molar-refractivity contribution >= 4 is 11.7 Å². The number of nitrogens with one attached hydrogen (secondary N) is 1. The van der Waals surface area contributed by atoms with Crippen LogP contribution in [0.4, 0.5) is 0 Å². The van der Waals surface area contributed by atoms with Crippen molar-refractivity contribution in [2.75, 3.05) is 19.6 Å². The number of hydrogen-bond donors (Lipinski definition) is 1. The Bertz CT molecular complexity index is 318. The van der Waals surface area contributed by atoms with E-state index in [2.05, 4.69) is 15.2 Å². The molecular weight excluding hydrogens is 190 g/mol. The summed E-state index contributed by atoms with van der Waals surface area (Å²) in [5.74, 6) is 1.19. The van der Waals surface area contributed by atoms with Crippen LogP contribution < -0.4 is 5.32 Å². The van der Waals surface area contributed by atoms with Gasteiger partial charge in [0, 0.05) is 13.0 Å². The number of hydrogen-bond acceptors (Lipinski definition) is 3. The van der Waals surface area contributed by atoms with Crippen molar-refractivity contribution in [3.63, 3.8) is 0 Å². The largest absolute Gasteiger partial charge is 0.345 e. The number of aliphatic imine (C=N–C) groups is 1. The van der Waals surface area contributed by atoms with Gasteiger partial charge in [0.15, 0.2) is 0 Å². The zero-order valence-electron chi connectivity index (χ0n) is 8.96. The topological polar surface area (TPSA) is 44.7 Å². The summed E-state index contributed by atoms with van der Waals surface area (Å²) in [5, 5.41) is 3.32. The summed E-state index contributed by atoms with van der Waals surface area (Å²) in [4.78, 5) is 18.6. The zero-order valence-corrected chi connectivity index (χ0v) is 8.96. The fourth-order valence-electron chi connectivity index (χ4n) is 3.06. The van der Waals surface area contributed by atoms with Crippen molar-refractivity contribution in [2.45, 2.75) is 37.6 Å². The van der Waals surface area contributed by atoms with Crippen molar-refractivity contribution < 1.29 is 4.79 Å². The van der Waals surface area contributed by atoms with E-state index >= 15 is 0 Å². The minimum Gasteiger partial charge on any atom is -0.345 e. The predicted octanol–water partition coefficient (Wildman–Crippen LogP) is 0.533. The number of fused-ring (bicyclic) bond motifs is 2. The lowest BCUT2D eigenvalue weighted by Crippen LogP contribution is -2.57. The van der Waals surface area contributed by atoms with Crippen LogP contribution >= 0.6 is 0 Å². The number of carbonyl (C=O) groups excluding carboxylic acids is 1. The molecule has 0 unspecified atom stereocenters. The van der Waals surface area contributed by atoms with E-state index < -0.39 is 0 Å². The Morgan fingerprint density at radius 3 is 2.87 bits per heavy atom. The molecule has 0 saturated carbocycles. The SMILES string of the molecule is O=C1N=C2CCCCN2C12CCNCC2. The van der Waals surface area contributed by atoms with Crippen molar-refractivity contribution in [2.24, 2.45) is 4.99 Å². The molecule has 3 heterocycles. The number of rotatable bonds is 0. The van der Waals surface area contributed by atoms with Crippen LogP contribution in [0.2, 0.25) is 0 Å². The number of amidine groups is 1. The summed E-state index contributed by atoms with van der Waals surface area (Å²) in [7, 11) is 0. The maximum Gasteiger partial charge on any atom is 0.273 e. The van der Waals surface area contributed by atoms with E-state index in [-0.39, 0.29) is 11.4 Å². The van der Waals surface area contributed by atoms with Gasteiger partial charge in [0.25, 0.3) is 5.91 Å². The Kier molecular flexibility index (Phi) is 2.06. The van der Waals surface area contributed by atoms with E-state index in [0.29, 0.717) is 0 Å². The van der Waals surface area contributed by atoms with Gasteiger partial charge in [-0.1, -0.05) is 0 Å². The van der Waals surface area contributed by atoms with Gasteiger partial charge in [0.1, 0.15) is 11.4 Å². The molecule has 0 bridgehead atoms. The van der Waals surface area contributed by atoms with Crippen LogP contribution in [0.3, 0.4) is 0 Å². The second-order valence-electron chi connectivity index (χ2n) is 4.72. The Labute approximate surface area is 89.7 Å². The summed E-state index contributed by atoms with van der Waals surface area (Å²) in [6.45, 7) is 2.93. The molecule has 15 heavy (non-hydrogen) atoms. The highest BCUT2D eigenvalue weighted by molar-refractivity contribution is 6.06. The smallest absolute Gasteiger partial charge is 0.273 e. The third kappa shape index (κ3) is 1.24. The molecule has 0 aromatic heterocycles. The summed E-state index contributed by atoms with van der Waals surface area (Å²) >= 11 is 0. The molecule has 1 N–H and O–H groups in total. The molecule has 0 aliphatic carbocycles. The highest BCUT2D eigenvalue weighted by atomic mass is 16.2. The third-order valence-corrected chi connectivity index (χ3v) is 3.92. The van der Waals surface area contributed by atoms with Crippen molar-refractivity contribution in [3.05, 3.63) is 0 Å². The molecule has 3 aliphatic heterocycles. The molecule has 4 heteroatoms. The average Bonchev–Trinajstić information content (AvgIpc) is 2.55. The van der Waals surface area contributed by atoms with Gasteiger partial charge in [-0.05, 0) is 38.8 Å². The summed E-state index contributed by atoms with van der Waals surface area (Å²) < 4.78 is 0. The summed E-state index contributed by atoms with van der Waals surface area (Å²) in [6.07, 6.45) is 5.26. The van der Waals surface area contributed by atoms with E-state index in [9.17, 15) is 4.79 Å². The minimum absolute atomic E-state index is 0.126. The molecule has 3 rings (SSSR count). The molecule has 1 spiro atoms. The molecule has 0 aromatic carbocycles. The fraction of sp³-hybridized carbons (Fsp3) is 0.818. The highest BCUT2D eigenvalue weighted by Gasteiger charge is 2.50. The molecule has 4 nitrogen and oxygen atoms in total. The number of amides is 1. The Morgan fingerprint density at radius 2 is 2.07 bits per heavy atom. The van der Waals surface area contributed by atoms with Gasteiger partial charge in [-0.2, -0.15) is 4.99 Å². The van der Waals surface area contributed by atoms with Gasteiger partial charge in [-0.25, -0.2) is 0 Å². The van der Waals surface area contributed by atoms with E-state index in [4.69, 9.17) is 0 Å². The predicted molar refractivity (Wildman–Crippen MR) is 57.8 cm³/mol. The molecule has 2 fully saturated rings.